The van der Waals surface area contributed by atoms with E-state index >= 15 is 0 Å². The summed E-state index contributed by atoms with van der Waals surface area (Å²) >= 11 is 0. The third kappa shape index (κ3) is 2.35. The summed E-state index contributed by atoms with van der Waals surface area (Å²) in [6.07, 6.45) is 3.31. The van der Waals surface area contributed by atoms with E-state index in [1.165, 1.54) is 0 Å². The number of aromatic carboxylic acids is 1. The number of furan rings is 1. The molecule has 0 spiro atoms. The molecule has 0 aromatic carbocycles. The summed E-state index contributed by atoms with van der Waals surface area (Å²) in [6, 6.07) is 9.08. The molecule has 21 heavy (non-hydrogen) atoms. The second kappa shape index (κ2) is 5.32. The molecule has 108 valence electrons. The van der Waals surface area contributed by atoms with Crippen LogP contribution in [0.25, 0.3) is 5.65 Å². The maximum absolute atomic E-state index is 11.6. The number of fused-ring (bicyclic) bond motifs is 1. The van der Waals surface area contributed by atoms with Gasteiger partial charge < -0.3 is 14.4 Å². The SMILES string of the molecule is CCN(Cc1ccco1)c1nc2ccccn2c1C(=O)O. The van der Waals surface area contributed by atoms with E-state index in [1.54, 1.807) is 29.0 Å². The Labute approximate surface area is 121 Å². The third-order valence-electron chi connectivity index (χ3n) is 3.32. The molecule has 3 heterocycles. The van der Waals surface area contributed by atoms with Gasteiger partial charge in [-0.05, 0) is 31.2 Å². The lowest BCUT2D eigenvalue weighted by Gasteiger charge is -2.19. The summed E-state index contributed by atoms with van der Waals surface area (Å²) in [7, 11) is 0. The van der Waals surface area contributed by atoms with Gasteiger partial charge in [-0.25, -0.2) is 9.78 Å². The second-order valence-corrected chi connectivity index (χ2v) is 4.61. The van der Waals surface area contributed by atoms with Crippen LogP contribution in [0.2, 0.25) is 0 Å². The highest BCUT2D eigenvalue weighted by atomic mass is 16.4. The van der Waals surface area contributed by atoms with Crippen molar-refractivity contribution in [1.29, 1.82) is 0 Å². The summed E-state index contributed by atoms with van der Waals surface area (Å²) in [5.74, 6) is 0.222. The zero-order valence-electron chi connectivity index (χ0n) is 11.6. The average molecular weight is 285 g/mol. The van der Waals surface area contributed by atoms with Crippen molar-refractivity contribution in [3.63, 3.8) is 0 Å². The van der Waals surface area contributed by atoms with Crippen LogP contribution in [0, 0.1) is 0 Å². The fraction of sp³-hybridized carbons (Fsp3) is 0.200. The monoisotopic (exact) mass is 285 g/mol. The summed E-state index contributed by atoms with van der Waals surface area (Å²) < 4.78 is 6.92. The predicted octanol–water partition coefficient (Wildman–Crippen LogP) is 2.65. The zero-order valence-corrected chi connectivity index (χ0v) is 11.6. The van der Waals surface area contributed by atoms with E-state index in [4.69, 9.17) is 4.42 Å². The highest BCUT2D eigenvalue weighted by molar-refractivity contribution is 5.93. The maximum Gasteiger partial charge on any atom is 0.356 e. The topological polar surface area (TPSA) is 71.0 Å². The number of rotatable bonds is 5. The molecule has 0 aliphatic heterocycles. The Morgan fingerprint density at radius 3 is 2.90 bits per heavy atom. The molecule has 0 amide bonds. The highest BCUT2D eigenvalue weighted by Gasteiger charge is 2.23. The highest BCUT2D eigenvalue weighted by Crippen LogP contribution is 2.23. The lowest BCUT2D eigenvalue weighted by atomic mass is 10.3. The van der Waals surface area contributed by atoms with Crippen molar-refractivity contribution in [3.05, 3.63) is 54.2 Å². The van der Waals surface area contributed by atoms with Crippen molar-refractivity contribution >= 4 is 17.4 Å². The third-order valence-corrected chi connectivity index (χ3v) is 3.32. The van der Waals surface area contributed by atoms with Crippen LogP contribution in [0.15, 0.2) is 47.2 Å². The Hall–Kier alpha value is -2.76. The molecule has 0 unspecified atom stereocenters. The molecule has 6 nitrogen and oxygen atoms in total. The average Bonchev–Trinajstić information content (AvgIpc) is 3.11. The van der Waals surface area contributed by atoms with Crippen molar-refractivity contribution in [3.8, 4) is 0 Å². The minimum absolute atomic E-state index is 0.166. The van der Waals surface area contributed by atoms with E-state index in [2.05, 4.69) is 4.98 Å². The van der Waals surface area contributed by atoms with Gasteiger partial charge in [-0.3, -0.25) is 4.40 Å². The van der Waals surface area contributed by atoms with E-state index < -0.39 is 5.97 Å². The Balaban J connectivity index is 2.08. The number of carboxylic acids is 1. The molecule has 0 aliphatic rings. The summed E-state index contributed by atoms with van der Waals surface area (Å²) in [5.41, 5.74) is 0.779. The van der Waals surface area contributed by atoms with E-state index in [0.717, 1.165) is 5.76 Å². The maximum atomic E-state index is 11.6. The van der Waals surface area contributed by atoms with Gasteiger partial charge in [0.05, 0.1) is 12.8 Å². The molecule has 0 fully saturated rings. The van der Waals surface area contributed by atoms with E-state index in [0.29, 0.717) is 24.6 Å². The van der Waals surface area contributed by atoms with Crippen LogP contribution >= 0.6 is 0 Å². The molecule has 1 N–H and O–H groups in total. The largest absolute Gasteiger partial charge is 0.476 e. The van der Waals surface area contributed by atoms with E-state index in [-0.39, 0.29) is 5.69 Å². The van der Waals surface area contributed by atoms with Crippen LogP contribution in [0.4, 0.5) is 5.82 Å². The zero-order chi connectivity index (χ0) is 14.8. The molecule has 0 radical (unpaired) electrons. The van der Waals surface area contributed by atoms with Gasteiger partial charge in [-0.2, -0.15) is 0 Å². The van der Waals surface area contributed by atoms with Gasteiger partial charge in [0.1, 0.15) is 11.4 Å². The van der Waals surface area contributed by atoms with Crippen molar-refractivity contribution in [2.45, 2.75) is 13.5 Å². The number of nitrogens with zero attached hydrogens (tertiary/aromatic N) is 3. The molecule has 0 bridgehead atoms. The van der Waals surface area contributed by atoms with Crippen molar-refractivity contribution < 1.29 is 14.3 Å². The van der Waals surface area contributed by atoms with Crippen molar-refractivity contribution in [2.75, 3.05) is 11.4 Å². The fourth-order valence-electron chi connectivity index (χ4n) is 2.33. The van der Waals surface area contributed by atoms with E-state index in [9.17, 15) is 9.90 Å². The fourth-order valence-corrected chi connectivity index (χ4v) is 2.33. The molecule has 3 rings (SSSR count). The Morgan fingerprint density at radius 1 is 1.38 bits per heavy atom. The van der Waals surface area contributed by atoms with Gasteiger partial charge in [0, 0.05) is 12.7 Å². The number of pyridine rings is 1. The summed E-state index contributed by atoms with van der Waals surface area (Å²) in [6.45, 7) is 3.07. The van der Waals surface area contributed by atoms with Crippen molar-refractivity contribution in [2.24, 2.45) is 0 Å². The molecular weight excluding hydrogens is 270 g/mol. The molecule has 0 atom stereocenters. The van der Waals surface area contributed by atoms with Crippen LogP contribution in [-0.2, 0) is 6.54 Å². The molecule has 0 saturated carbocycles. The number of imidazole rings is 1. The van der Waals surface area contributed by atoms with Crippen molar-refractivity contribution in [1.82, 2.24) is 9.38 Å². The molecule has 3 aromatic heterocycles. The summed E-state index contributed by atoms with van der Waals surface area (Å²) in [5, 5.41) is 9.51. The van der Waals surface area contributed by atoms with Gasteiger partial charge in [0.25, 0.3) is 0 Å². The first kappa shape index (κ1) is 13.2. The molecule has 6 heteroatoms. The number of anilines is 1. The van der Waals surface area contributed by atoms with Crippen LogP contribution in [0.5, 0.6) is 0 Å². The molecule has 3 aromatic rings. The normalized spacial score (nSPS) is 10.9. The molecular formula is C15H15N3O3. The number of hydrogen-bond donors (Lipinski definition) is 1. The number of carboxylic acid groups (broad SMARTS) is 1. The lowest BCUT2D eigenvalue weighted by Crippen LogP contribution is -2.24. The first-order chi connectivity index (χ1) is 10.2. The van der Waals surface area contributed by atoms with Crippen LogP contribution in [-0.4, -0.2) is 27.0 Å². The lowest BCUT2D eigenvalue weighted by molar-refractivity contribution is 0.0690. The first-order valence-electron chi connectivity index (χ1n) is 6.68. The van der Waals surface area contributed by atoms with Gasteiger partial charge in [0.2, 0.25) is 0 Å². The van der Waals surface area contributed by atoms with Gasteiger partial charge in [-0.1, -0.05) is 6.07 Å². The van der Waals surface area contributed by atoms with Crippen LogP contribution in [0.3, 0.4) is 0 Å². The van der Waals surface area contributed by atoms with Gasteiger partial charge in [0.15, 0.2) is 11.5 Å². The quantitative estimate of drug-likeness (QED) is 0.780. The van der Waals surface area contributed by atoms with Gasteiger partial charge in [-0.15, -0.1) is 0 Å². The first-order valence-corrected chi connectivity index (χ1v) is 6.68. The predicted molar refractivity (Wildman–Crippen MR) is 77.6 cm³/mol. The Morgan fingerprint density at radius 2 is 2.24 bits per heavy atom. The second-order valence-electron chi connectivity index (χ2n) is 4.61. The Kier molecular flexibility index (Phi) is 3.35. The number of aromatic nitrogens is 2. The molecule has 0 saturated heterocycles. The summed E-state index contributed by atoms with van der Waals surface area (Å²) in [4.78, 5) is 17.9. The number of hydrogen-bond acceptors (Lipinski definition) is 4. The standard InChI is InChI=1S/C15H15N3O3/c1-2-17(10-11-6-5-9-21-11)14-13(15(19)20)18-8-4-3-7-12(18)16-14/h3-9H,2,10H2,1H3,(H,19,20). The van der Waals surface area contributed by atoms with Crippen LogP contribution in [0.1, 0.15) is 23.2 Å². The van der Waals surface area contributed by atoms with E-state index in [1.807, 2.05) is 30.0 Å². The smallest absolute Gasteiger partial charge is 0.356 e. The van der Waals surface area contributed by atoms with Crippen LogP contribution < -0.4 is 4.90 Å². The minimum Gasteiger partial charge on any atom is -0.476 e. The Bertz CT molecular complexity index is 762. The molecule has 0 aliphatic carbocycles. The van der Waals surface area contributed by atoms with Gasteiger partial charge >= 0.3 is 5.97 Å². The number of carbonyl (C=O) groups is 1. The minimum atomic E-state index is -0.999.